The minimum Gasteiger partial charge on any atom is -0.467 e. The molecule has 1 aliphatic carbocycles. The zero-order valence-corrected chi connectivity index (χ0v) is 14.5. The number of hydrogen-bond acceptors (Lipinski definition) is 2. The van der Waals surface area contributed by atoms with E-state index in [-0.39, 0.29) is 11.9 Å². The third-order valence-corrected chi connectivity index (χ3v) is 5.10. The van der Waals surface area contributed by atoms with Crippen LogP contribution in [0, 0.1) is 0 Å². The summed E-state index contributed by atoms with van der Waals surface area (Å²) < 4.78 is 5.47. The molecule has 1 fully saturated rings. The van der Waals surface area contributed by atoms with Crippen LogP contribution in [0.4, 0.5) is 0 Å². The molecule has 3 nitrogen and oxygen atoms in total. The fraction of sp³-hybridized carbons (Fsp3) is 0.389. The van der Waals surface area contributed by atoms with Crippen molar-refractivity contribution in [1.82, 2.24) is 4.90 Å². The maximum absolute atomic E-state index is 12.7. The Labute approximate surface area is 146 Å². The van der Waals surface area contributed by atoms with Crippen molar-refractivity contribution in [2.75, 3.05) is 0 Å². The standard InChI is InChI=1S/C18H19Cl2NO2/c1-12(16-6-3-11-23-16)21(14-8-9-14)17(22)10-7-13-4-2-5-15(19)18(13)20/h2-6,11-12,14H,7-10H2,1H3. The summed E-state index contributed by atoms with van der Waals surface area (Å²) in [6.45, 7) is 2.02. The van der Waals surface area contributed by atoms with Crippen LogP contribution in [0.1, 0.15) is 43.6 Å². The van der Waals surface area contributed by atoms with Gasteiger partial charge >= 0.3 is 0 Å². The summed E-state index contributed by atoms with van der Waals surface area (Å²) in [5.74, 6) is 0.957. The smallest absolute Gasteiger partial charge is 0.223 e. The average molecular weight is 352 g/mol. The van der Waals surface area contributed by atoms with E-state index in [0.29, 0.717) is 28.9 Å². The first-order valence-corrected chi connectivity index (χ1v) is 8.61. The zero-order valence-electron chi connectivity index (χ0n) is 13.0. The maximum Gasteiger partial charge on any atom is 0.223 e. The Morgan fingerprint density at radius 3 is 2.74 bits per heavy atom. The molecule has 0 N–H and O–H groups in total. The molecular weight excluding hydrogens is 333 g/mol. The molecule has 0 radical (unpaired) electrons. The number of amides is 1. The highest BCUT2D eigenvalue weighted by Crippen LogP contribution is 2.35. The minimum absolute atomic E-state index is 0.0418. The third kappa shape index (κ3) is 3.73. The van der Waals surface area contributed by atoms with Crippen molar-refractivity contribution in [3.05, 3.63) is 58.0 Å². The molecule has 23 heavy (non-hydrogen) atoms. The van der Waals surface area contributed by atoms with Gasteiger partial charge in [-0.3, -0.25) is 4.79 Å². The lowest BCUT2D eigenvalue weighted by Gasteiger charge is -2.28. The summed E-state index contributed by atoms with van der Waals surface area (Å²) >= 11 is 12.2. The molecule has 2 aromatic rings. The largest absolute Gasteiger partial charge is 0.467 e. The van der Waals surface area contributed by atoms with Gasteiger partial charge in [0.15, 0.2) is 0 Å². The van der Waals surface area contributed by atoms with Gasteiger partial charge in [-0.25, -0.2) is 0 Å². The SMILES string of the molecule is CC(c1ccco1)N(C(=O)CCc1cccc(Cl)c1Cl)C1CC1. The Morgan fingerprint density at radius 2 is 2.09 bits per heavy atom. The molecular formula is C18H19Cl2NO2. The highest BCUT2D eigenvalue weighted by molar-refractivity contribution is 6.42. The normalized spacial score (nSPS) is 15.4. The number of nitrogens with zero attached hydrogens (tertiary/aromatic N) is 1. The summed E-state index contributed by atoms with van der Waals surface area (Å²) in [6, 6.07) is 9.59. The zero-order chi connectivity index (χ0) is 16.4. The van der Waals surface area contributed by atoms with E-state index in [1.807, 2.05) is 36.1 Å². The van der Waals surface area contributed by atoms with Gasteiger partial charge in [0.1, 0.15) is 5.76 Å². The lowest BCUT2D eigenvalue weighted by Crippen LogP contribution is -2.35. The number of hydrogen-bond donors (Lipinski definition) is 0. The summed E-state index contributed by atoms with van der Waals surface area (Å²) in [6.07, 6.45) is 4.78. The van der Waals surface area contributed by atoms with Crippen LogP contribution in [0.25, 0.3) is 0 Å². The van der Waals surface area contributed by atoms with E-state index in [1.54, 1.807) is 12.3 Å². The van der Waals surface area contributed by atoms with Crippen LogP contribution in [0.15, 0.2) is 41.0 Å². The topological polar surface area (TPSA) is 33.5 Å². The monoisotopic (exact) mass is 351 g/mol. The summed E-state index contributed by atoms with van der Waals surface area (Å²) in [5, 5.41) is 1.07. The molecule has 122 valence electrons. The third-order valence-electron chi connectivity index (χ3n) is 4.24. The molecule has 3 rings (SSSR count). The molecule has 0 bridgehead atoms. The Balaban J connectivity index is 1.69. The highest BCUT2D eigenvalue weighted by Gasteiger charge is 2.36. The minimum atomic E-state index is -0.0418. The fourth-order valence-corrected chi connectivity index (χ4v) is 3.28. The lowest BCUT2D eigenvalue weighted by molar-refractivity contribution is -0.134. The quantitative estimate of drug-likeness (QED) is 0.709. The van der Waals surface area contributed by atoms with Crippen molar-refractivity contribution in [1.29, 1.82) is 0 Å². The molecule has 1 heterocycles. The molecule has 0 spiro atoms. The molecule has 5 heteroatoms. The molecule has 1 saturated carbocycles. The van der Waals surface area contributed by atoms with Crippen LogP contribution in [-0.4, -0.2) is 16.8 Å². The molecule has 1 aliphatic rings. The van der Waals surface area contributed by atoms with E-state index in [4.69, 9.17) is 27.6 Å². The predicted octanol–water partition coefficient (Wildman–Crippen LogP) is 5.27. The lowest BCUT2D eigenvalue weighted by atomic mass is 10.1. The number of benzene rings is 1. The Hall–Kier alpha value is -1.45. The van der Waals surface area contributed by atoms with E-state index in [0.717, 1.165) is 24.2 Å². The predicted molar refractivity (Wildman–Crippen MR) is 91.8 cm³/mol. The molecule has 1 amide bonds. The van der Waals surface area contributed by atoms with E-state index in [1.165, 1.54) is 0 Å². The Morgan fingerprint density at radius 1 is 1.30 bits per heavy atom. The molecule has 1 atom stereocenters. The summed E-state index contributed by atoms with van der Waals surface area (Å²) in [5.41, 5.74) is 0.911. The first kappa shape index (κ1) is 16.4. The van der Waals surface area contributed by atoms with Crippen LogP contribution in [0.2, 0.25) is 10.0 Å². The van der Waals surface area contributed by atoms with Crippen molar-refractivity contribution < 1.29 is 9.21 Å². The van der Waals surface area contributed by atoms with Gasteiger partial charge in [-0.2, -0.15) is 0 Å². The number of aryl methyl sites for hydroxylation is 1. The first-order chi connectivity index (χ1) is 11.1. The van der Waals surface area contributed by atoms with Crippen molar-refractivity contribution in [2.45, 2.75) is 44.7 Å². The van der Waals surface area contributed by atoms with Crippen molar-refractivity contribution in [3.63, 3.8) is 0 Å². The van der Waals surface area contributed by atoms with Gasteiger partial charge in [-0.1, -0.05) is 35.3 Å². The van der Waals surface area contributed by atoms with Crippen LogP contribution >= 0.6 is 23.2 Å². The second kappa shape index (κ2) is 6.98. The van der Waals surface area contributed by atoms with Gasteiger partial charge in [0, 0.05) is 12.5 Å². The number of furan rings is 1. The van der Waals surface area contributed by atoms with Crippen LogP contribution in [-0.2, 0) is 11.2 Å². The van der Waals surface area contributed by atoms with Gasteiger partial charge in [-0.05, 0) is 49.9 Å². The van der Waals surface area contributed by atoms with E-state index in [2.05, 4.69) is 0 Å². The maximum atomic E-state index is 12.7. The van der Waals surface area contributed by atoms with E-state index < -0.39 is 0 Å². The Kier molecular flexibility index (Phi) is 4.98. The Bertz CT molecular complexity index is 680. The van der Waals surface area contributed by atoms with Crippen LogP contribution in [0.3, 0.4) is 0 Å². The van der Waals surface area contributed by atoms with Gasteiger partial charge in [-0.15, -0.1) is 0 Å². The molecule has 0 saturated heterocycles. The summed E-state index contributed by atoms with van der Waals surface area (Å²) in [7, 11) is 0. The number of rotatable bonds is 6. The second-order valence-corrected chi connectivity index (χ2v) is 6.72. The van der Waals surface area contributed by atoms with E-state index >= 15 is 0 Å². The first-order valence-electron chi connectivity index (χ1n) is 7.85. The molecule has 1 unspecified atom stereocenters. The highest BCUT2D eigenvalue weighted by atomic mass is 35.5. The van der Waals surface area contributed by atoms with Gasteiger partial charge < -0.3 is 9.32 Å². The molecule has 0 aliphatic heterocycles. The fourth-order valence-electron chi connectivity index (χ4n) is 2.87. The van der Waals surface area contributed by atoms with Crippen LogP contribution < -0.4 is 0 Å². The van der Waals surface area contributed by atoms with Crippen molar-refractivity contribution >= 4 is 29.1 Å². The summed E-state index contributed by atoms with van der Waals surface area (Å²) in [4.78, 5) is 14.7. The van der Waals surface area contributed by atoms with Crippen LogP contribution in [0.5, 0.6) is 0 Å². The van der Waals surface area contributed by atoms with Crippen molar-refractivity contribution in [3.8, 4) is 0 Å². The van der Waals surface area contributed by atoms with Gasteiger partial charge in [0.25, 0.3) is 0 Å². The van der Waals surface area contributed by atoms with Gasteiger partial charge in [0.05, 0.1) is 22.4 Å². The van der Waals surface area contributed by atoms with Crippen molar-refractivity contribution in [2.24, 2.45) is 0 Å². The molecule has 1 aromatic heterocycles. The molecule has 1 aromatic carbocycles. The average Bonchev–Trinajstić information content (AvgIpc) is 3.20. The van der Waals surface area contributed by atoms with E-state index in [9.17, 15) is 4.79 Å². The van der Waals surface area contributed by atoms with Gasteiger partial charge in [0.2, 0.25) is 5.91 Å². The number of carbonyl (C=O) groups is 1. The number of carbonyl (C=O) groups excluding carboxylic acids is 1. The second-order valence-electron chi connectivity index (χ2n) is 5.94. The number of halogens is 2.